The normalized spacial score (nSPS) is 9.36. The van der Waals surface area contributed by atoms with Crippen LogP contribution in [0.5, 0.6) is 0 Å². The van der Waals surface area contributed by atoms with Crippen molar-refractivity contribution in [3.63, 3.8) is 0 Å². The predicted octanol–water partition coefficient (Wildman–Crippen LogP) is 2.49. The van der Waals surface area contributed by atoms with Crippen LogP contribution in [-0.2, 0) is 11.2 Å². The quantitative estimate of drug-likeness (QED) is 0.900. The lowest BCUT2D eigenvalue weighted by Gasteiger charge is -2.00. The van der Waals surface area contributed by atoms with E-state index in [0.29, 0.717) is 16.5 Å². The van der Waals surface area contributed by atoms with E-state index < -0.39 is 0 Å². The van der Waals surface area contributed by atoms with Gasteiger partial charge in [0.2, 0.25) is 0 Å². The van der Waals surface area contributed by atoms with Crippen molar-refractivity contribution in [2.75, 3.05) is 6.54 Å². The second-order valence-electron chi connectivity index (χ2n) is 2.67. The number of ketones is 1. The fourth-order valence-corrected chi connectivity index (χ4v) is 1.27. The van der Waals surface area contributed by atoms with Crippen molar-refractivity contribution in [1.29, 1.82) is 0 Å². The third-order valence-electron chi connectivity index (χ3n) is 1.61. The molecule has 0 aliphatic carbocycles. The summed E-state index contributed by atoms with van der Waals surface area (Å²) in [6, 6.07) is 5.11. The van der Waals surface area contributed by atoms with E-state index in [4.69, 9.17) is 28.9 Å². The van der Waals surface area contributed by atoms with Crippen LogP contribution in [0, 0.1) is 0 Å². The van der Waals surface area contributed by atoms with E-state index in [2.05, 4.69) is 0 Å². The van der Waals surface area contributed by atoms with Crippen molar-refractivity contribution in [2.24, 2.45) is 5.73 Å². The summed E-state index contributed by atoms with van der Waals surface area (Å²) in [5.41, 5.74) is 6.02. The summed E-state index contributed by atoms with van der Waals surface area (Å²) in [7, 11) is 0. The molecule has 0 heterocycles. The Bertz CT molecular complexity index is 328. The Balaban J connectivity index is 0.00000169. The van der Waals surface area contributed by atoms with Gasteiger partial charge in [-0.25, -0.2) is 0 Å². The zero-order valence-corrected chi connectivity index (χ0v) is 9.62. The van der Waals surface area contributed by atoms with Crippen LogP contribution in [0.15, 0.2) is 18.2 Å². The van der Waals surface area contributed by atoms with Gasteiger partial charge >= 0.3 is 0 Å². The average molecular weight is 255 g/mol. The van der Waals surface area contributed by atoms with Crippen molar-refractivity contribution < 1.29 is 4.79 Å². The van der Waals surface area contributed by atoms with Gasteiger partial charge in [-0.15, -0.1) is 12.4 Å². The van der Waals surface area contributed by atoms with E-state index in [1.807, 2.05) is 0 Å². The molecule has 0 aliphatic rings. The molecule has 0 unspecified atom stereocenters. The van der Waals surface area contributed by atoms with E-state index in [1.54, 1.807) is 18.2 Å². The molecule has 0 atom stereocenters. The van der Waals surface area contributed by atoms with Gasteiger partial charge in [-0.1, -0.05) is 29.3 Å². The zero-order valence-electron chi connectivity index (χ0n) is 7.30. The maximum absolute atomic E-state index is 11.0. The Morgan fingerprint density at radius 1 is 1.29 bits per heavy atom. The lowest BCUT2D eigenvalue weighted by molar-refractivity contribution is -0.117. The topological polar surface area (TPSA) is 43.1 Å². The molecule has 1 rings (SSSR count). The molecule has 0 aliphatic heterocycles. The molecule has 0 bridgehead atoms. The number of benzene rings is 1. The van der Waals surface area contributed by atoms with Crippen LogP contribution in [0.25, 0.3) is 0 Å². The van der Waals surface area contributed by atoms with Crippen LogP contribution in [0.4, 0.5) is 0 Å². The summed E-state index contributed by atoms with van der Waals surface area (Å²) < 4.78 is 0. The summed E-state index contributed by atoms with van der Waals surface area (Å²) in [5.74, 6) is -0.0154. The van der Waals surface area contributed by atoms with Crippen LogP contribution in [0.1, 0.15) is 5.56 Å². The molecule has 0 aromatic heterocycles. The molecule has 0 spiro atoms. The third-order valence-corrected chi connectivity index (χ3v) is 2.35. The second-order valence-corrected chi connectivity index (χ2v) is 3.48. The van der Waals surface area contributed by atoms with Gasteiger partial charge in [-0.05, 0) is 17.7 Å². The van der Waals surface area contributed by atoms with E-state index >= 15 is 0 Å². The maximum Gasteiger partial charge on any atom is 0.150 e. The highest BCUT2D eigenvalue weighted by Gasteiger charge is 2.03. The molecule has 0 radical (unpaired) electrons. The number of hydrogen-bond donors (Lipinski definition) is 1. The standard InChI is InChI=1S/C9H9Cl2NO.ClH/c10-8-2-1-6(4-9(8)11)3-7(13)5-12;/h1-2,4H,3,5,12H2;1H. The number of hydrogen-bond acceptors (Lipinski definition) is 2. The molecule has 0 saturated carbocycles. The second kappa shape index (κ2) is 6.25. The molecule has 5 heteroatoms. The van der Waals surface area contributed by atoms with Gasteiger partial charge in [0.05, 0.1) is 16.6 Å². The largest absolute Gasteiger partial charge is 0.324 e. The highest BCUT2D eigenvalue weighted by atomic mass is 35.5. The first-order valence-electron chi connectivity index (χ1n) is 3.79. The molecular formula is C9H10Cl3NO. The Kier molecular flexibility index (Phi) is 6.12. The van der Waals surface area contributed by atoms with Crippen LogP contribution in [-0.4, -0.2) is 12.3 Å². The highest BCUT2D eigenvalue weighted by molar-refractivity contribution is 6.42. The molecular weight excluding hydrogens is 244 g/mol. The number of carbonyl (C=O) groups is 1. The molecule has 1 aromatic carbocycles. The Hall–Kier alpha value is -0.280. The predicted molar refractivity (Wildman–Crippen MR) is 61.5 cm³/mol. The third kappa shape index (κ3) is 3.84. The van der Waals surface area contributed by atoms with E-state index in [-0.39, 0.29) is 24.7 Å². The lowest BCUT2D eigenvalue weighted by Crippen LogP contribution is -2.15. The Labute approximate surface area is 98.8 Å². The molecule has 0 saturated heterocycles. The molecule has 2 nitrogen and oxygen atoms in total. The minimum absolute atomic E-state index is 0. The summed E-state index contributed by atoms with van der Waals surface area (Å²) in [6.07, 6.45) is 0.313. The smallest absolute Gasteiger partial charge is 0.150 e. The van der Waals surface area contributed by atoms with Gasteiger partial charge in [0.1, 0.15) is 0 Å². The fourth-order valence-electron chi connectivity index (χ4n) is 0.949. The molecule has 0 fully saturated rings. The number of halogens is 3. The van der Waals surface area contributed by atoms with Gasteiger partial charge in [-0.3, -0.25) is 4.79 Å². The highest BCUT2D eigenvalue weighted by Crippen LogP contribution is 2.22. The first kappa shape index (κ1) is 13.7. The summed E-state index contributed by atoms with van der Waals surface area (Å²) in [5, 5.41) is 0.953. The summed E-state index contributed by atoms with van der Waals surface area (Å²) in [6.45, 7) is 0.0558. The first-order chi connectivity index (χ1) is 6.13. The molecule has 2 N–H and O–H groups in total. The van der Waals surface area contributed by atoms with Gasteiger partial charge in [0.25, 0.3) is 0 Å². The van der Waals surface area contributed by atoms with Crippen molar-refractivity contribution in [1.82, 2.24) is 0 Å². The number of rotatable bonds is 3. The zero-order chi connectivity index (χ0) is 9.84. The van der Waals surface area contributed by atoms with Crippen molar-refractivity contribution in [3.05, 3.63) is 33.8 Å². The van der Waals surface area contributed by atoms with Crippen molar-refractivity contribution in [3.8, 4) is 0 Å². The van der Waals surface area contributed by atoms with Gasteiger partial charge in [0, 0.05) is 6.42 Å². The number of nitrogens with two attached hydrogens (primary N) is 1. The number of Topliss-reactive ketones (excluding diaryl/α,β-unsaturated/α-hetero) is 1. The van der Waals surface area contributed by atoms with Crippen molar-refractivity contribution in [2.45, 2.75) is 6.42 Å². The van der Waals surface area contributed by atoms with Crippen LogP contribution in [0.3, 0.4) is 0 Å². The van der Waals surface area contributed by atoms with Crippen molar-refractivity contribution >= 4 is 41.4 Å². The van der Waals surface area contributed by atoms with Gasteiger partial charge < -0.3 is 5.73 Å². The number of carbonyl (C=O) groups excluding carboxylic acids is 1. The average Bonchev–Trinajstić information content (AvgIpc) is 2.11. The first-order valence-corrected chi connectivity index (χ1v) is 4.54. The lowest BCUT2D eigenvalue weighted by atomic mass is 10.1. The minimum Gasteiger partial charge on any atom is -0.324 e. The van der Waals surface area contributed by atoms with E-state index in [1.165, 1.54) is 0 Å². The summed E-state index contributed by atoms with van der Waals surface area (Å²) in [4.78, 5) is 11.0. The van der Waals surface area contributed by atoms with Crippen LogP contribution >= 0.6 is 35.6 Å². The van der Waals surface area contributed by atoms with Gasteiger partial charge in [-0.2, -0.15) is 0 Å². The molecule has 0 amide bonds. The summed E-state index contributed by atoms with van der Waals surface area (Å²) >= 11 is 11.5. The Morgan fingerprint density at radius 2 is 1.93 bits per heavy atom. The Morgan fingerprint density at radius 3 is 2.43 bits per heavy atom. The minimum atomic E-state index is -0.0154. The SMILES string of the molecule is Cl.NCC(=O)Cc1ccc(Cl)c(Cl)c1. The van der Waals surface area contributed by atoms with E-state index in [0.717, 1.165) is 5.56 Å². The fraction of sp³-hybridized carbons (Fsp3) is 0.222. The maximum atomic E-state index is 11.0. The van der Waals surface area contributed by atoms with Gasteiger partial charge in [0.15, 0.2) is 5.78 Å². The van der Waals surface area contributed by atoms with Crippen LogP contribution < -0.4 is 5.73 Å². The van der Waals surface area contributed by atoms with E-state index in [9.17, 15) is 4.79 Å². The molecule has 78 valence electrons. The molecule has 14 heavy (non-hydrogen) atoms. The monoisotopic (exact) mass is 253 g/mol. The van der Waals surface area contributed by atoms with Crippen LogP contribution in [0.2, 0.25) is 10.0 Å². The molecule has 1 aromatic rings.